The molecule has 1 aromatic heterocycles. The quantitative estimate of drug-likeness (QED) is 0.791. The fraction of sp³-hybridized carbons (Fsp3) is 0.636. The lowest BCUT2D eigenvalue weighted by molar-refractivity contribution is 0.466. The number of hydrogen-bond donors (Lipinski definition) is 2. The maximum atomic E-state index is 5.84. The van der Waals surface area contributed by atoms with Crippen LogP contribution in [-0.4, -0.2) is 16.5 Å². The van der Waals surface area contributed by atoms with Crippen molar-refractivity contribution in [2.24, 2.45) is 11.3 Å². The molecule has 0 aromatic carbocycles. The van der Waals surface area contributed by atoms with E-state index >= 15 is 0 Å². The molecule has 3 N–H and O–H groups in total. The van der Waals surface area contributed by atoms with E-state index in [2.05, 4.69) is 15.3 Å². The van der Waals surface area contributed by atoms with Crippen LogP contribution in [-0.2, 0) is 0 Å². The summed E-state index contributed by atoms with van der Waals surface area (Å²) in [5.74, 6) is 1.60. The van der Waals surface area contributed by atoms with E-state index in [0.29, 0.717) is 22.1 Å². The van der Waals surface area contributed by atoms with Gasteiger partial charge in [0.15, 0.2) is 11.0 Å². The number of aromatic nitrogens is 2. The van der Waals surface area contributed by atoms with Crippen LogP contribution in [0.2, 0.25) is 5.15 Å². The molecule has 0 bridgehead atoms. The van der Waals surface area contributed by atoms with Crippen molar-refractivity contribution in [3.8, 4) is 0 Å². The predicted molar refractivity (Wildman–Crippen MR) is 64.3 cm³/mol. The Morgan fingerprint density at radius 2 is 2.19 bits per heavy atom. The molecule has 3 rings (SSSR count). The average molecular weight is 239 g/mol. The van der Waals surface area contributed by atoms with Crippen molar-refractivity contribution in [3.05, 3.63) is 11.5 Å². The van der Waals surface area contributed by atoms with Crippen molar-refractivity contribution in [2.45, 2.75) is 25.7 Å². The summed E-state index contributed by atoms with van der Waals surface area (Å²) >= 11 is 5.84. The van der Waals surface area contributed by atoms with Gasteiger partial charge < -0.3 is 11.1 Å². The van der Waals surface area contributed by atoms with E-state index in [0.717, 1.165) is 12.5 Å². The normalized spacial score (nSPS) is 21.8. The van der Waals surface area contributed by atoms with Gasteiger partial charge in [-0.05, 0) is 37.0 Å². The Hall–Kier alpha value is -1.03. The van der Waals surface area contributed by atoms with Crippen LogP contribution in [0, 0.1) is 11.3 Å². The molecular formula is C11H15ClN4. The highest BCUT2D eigenvalue weighted by atomic mass is 35.5. The topological polar surface area (TPSA) is 63.8 Å². The van der Waals surface area contributed by atoms with Gasteiger partial charge in [0, 0.05) is 6.54 Å². The molecule has 0 amide bonds. The summed E-state index contributed by atoms with van der Waals surface area (Å²) in [4.78, 5) is 7.95. The molecule has 86 valence electrons. The zero-order valence-corrected chi connectivity index (χ0v) is 9.80. The highest BCUT2D eigenvalue weighted by molar-refractivity contribution is 6.32. The van der Waals surface area contributed by atoms with Gasteiger partial charge in [-0.25, -0.2) is 9.97 Å². The van der Waals surface area contributed by atoms with Gasteiger partial charge in [-0.15, -0.1) is 0 Å². The molecule has 4 nitrogen and oxygen atoms in total. The minimum Gasteiger partial charge on any atom is -0.393 e. The van der Waals surface area contributed by atoms with Crippen molar-refractivity contribution < 1.29 is 0 Å². The summed E-state index contributed by atoms with van der Waals surface area (Å²) in [6.07, 6.45) is 6.90. The molecule has 1 aromatic rings. The van der Waals surface area contributed by atoms with Gasteiger partial charge in [-0.2, -0.15) is 0 Å². The smallest absolute Gasteiger partial charge is 0.157 e. The Morgan fingerprint density at radius 3 is 2.81 bits per heavy atom. The SMILES string of the molecule is Nc1c(Cl)ncnc1NCC1(C2CC2)CC1. The lowest BCUT2D eigenvalue weighted by atomic mass is 10.0. The summed E-state index contributed by atoms with van der Waals surface area (Å²) in [6.45, 7) is 0.967. The number of nitrogens with two attached hydrogens (primary N) is 1. The summed E-state index contributed by atoms with van der Waals surface area (Å²) in [5, 5.41) is 3.64. The van der Waals surface area contributed by atoms with Gasteiger partial charge in [0.05, 0.1) is 0 Å². The van der Waals surface area contributed by atoms with Crippen molar-refractivity contribution in [1.29, 1.82) is 0 Å². The van der Waals surface area contributed by atoms with Crippen LogP contribution in [0.25, 0.3) is 0 Å². The van der Waals surface area contributed by atoms with E-state index in [1.54, 1.807) is 0 Å². The Bertz CT molecular complexity index is 412. The maximum absolute atomic E-state index is 5.84. The van der Waals surface area contributed by atoms with Gasteiger partial charge in [-0.1, -0.05) is 11.6 Å². The van der Waals surface area contributed by atoms with Crippen LogP contribution >= 0.6 is 11.6 Å². The number of rotatable bonds is 4. The van der Waals surface area contributed by atoms with Gasteiger partial charge in [0.1, 0.15) is 12.0 Å². The first-order valence-corrected chi connectivity index (χ1v) is 6.09. The second-order valence-electron chi connectivity index (χ2n) is 4.92. The minimum atomic E-state index is 0.328. The van der Waals surface area contributed by atoms with Gasteiger partial charge in [0.2, 0.25) is 0 Å². The summed E-state index contributed by atoms with van der Waals surface area (Å²) in [5.41, 5.74) is 6.79. The lowest BCUT2D eigenvalue weighted by Crippen LogP contribution is -2.18. The molecule has 0 unspecified atom stereocenters. The molecular weight excluding hydrogens is 224 g/mol. The van der Waals surface area contributed by atoms with E-state index in [-0.39, 0.29) is 0 Å². The van der Waals surface area contributed by atoms with E-state index in [4.69, 9.17) is 17.3 Å². The lowest BCUT2D eigenvalue weighted by Gasteiger charge is -2.16. The Morgan fingerprint density at radius 1 is 1.44 bits per heavy atom. The third-order valence-corrected chi connectivity index (χ3v) is 4.08. The highest BCUT2D eigenvalue weighted by Crippen LogP contribution is 2.61. The van der Waals surface area contributed by atoms with Gasteiger partial charge in [-0.3, -0.25) is 0 Å². The van der Waals surface area contributed by atoms with Crippen molar-refractivity contribution in [3.63, 3.8) is 0 Å². The molecule has 2 fully saturated rings. The van der Waals surface area contributed by atoms with Crippen LogP contribution in [0.3, 0.4) is 0 Å². The summed E-state index contributed by atoms with van der Waals surface area (Å²) in [7, 11) is 0. The monoisotopic (exact) mass is 238 g/mol. The third kappa shape index (κ3) is 1.71. The van der Waals surface area contributed by atoms with E-state index < -0.39 is 0 Å². The molecule has 2 aliphatic carbocycles. The van der Waals surface area contributed by atoms with Crippen LogP contribution in [0.1, 0.15) is 25.7 Å². The van der Waals surface area contributed by atoms with Crippen LogP contribution in [0.4, 0.5) is 11.5 Å². The van der Waals surface area contributed by atoms with Crippen LogP contribution in [0.5, 0.6) is 0 Å². The summed E-state index contributed by atoms with van der Waals surface area (Å²) < 4.78 is 0. The Kier molecular flexibility index (Phi) is 2.21. The number of nitrogens with one attached hydrogen (secondary N) is 1. The molecule has 0 spiro atoms. The van der Waals surface area contributed by atoms with Crippen molar-refractivity contribution in [2.75, 3.05) is 17.6 Å². The standard InChI is InChI=1S/C11H15ClN4/c12-9-8(13)10(16-6-15-9)14-5-11(3-4-11)7-1-2-7/h6-7H,1-5,13H2,(H,14,15,16). The van der Waals surface area contributed by atoms with Gasteiger partial charge >= 0.3 is 0 Å². The zero-order chi connectivity index (χ0) is 11.2. The number of anilines is 2. The second-order valence-corrected chi connectivity index (χ2v) is 5.27. The van der Waals surface area contributed by atoms with Crippen LogP contribution in [0.15, 0.2) is 6.33 Å². The van der Waals surface area contributed by atoms with E-state index in [1.807, 2.05) is 0 Å². The Balaban J connectivity index is 1.68. The minimum absolute atomic E-state index is 0.328. The van der Waals surface area contributed by atoms with E-state index in [1.165, 1.54) is 32.0 Å². The fourth-order valence-electron chi connectivity index (χ4n) is 2.36. The molecule has 5 heteroatoms. The van der Waals surface area contributed by atoms with Gasteiger partial charge in [0.25, 0.3) is 0 Å². The molecule has 2 aliphatic rings. The number of hydrogen-bond acceptors (Lipinski definition) is 4. The van der Waals surface area contributed by atoms with E-state index in [9.17, 15) is 0 Å². The number of nitrogen functional groups attached to an aromatic ring is 1. The maximum Gasteiger partial charge on any atom is 0.157 e. The second kappa shape index (κ2) is 3.48. The molecule has 1 heterocycles. The first-order chi connectivity index (χ1) is 7.71. The summed E-state index contributed by atoms with van der Waals surface area (Å²) in [6, 6.07) is 0. The first-order valence-electron chi connectivity index (χ1n) is 5.71. The van der Waals surface area contributed by atoms with Crippen molar-refractivity contribution >= 4 is 23.1 Å². The van der Waals surface area contributed by atoms with Crippen LogP contribution < -0.4 is 11.1 Å². The fourth-order valence-corrected chi connectivity index (χ4v) is 2.49. The molecule has 0 aliphatic heterocycles. The molecule has 2 saturated carbocycles. The molecule has 16 heavy (non-hydrogen) atoms. The Labute approximate surface area is 99.6 Å². The third-order valence-electron chi connectivity index (χ3n) is 3.78. The molecule has 0 saturated heterocycles. The number of nitrogens with zero attached hydrogens (tertiary/aromatic N) is 2. The average Bonchev–Trinajstić information content (AvgIpc) is 3.14. The predicted octanol–water partition coefficient (Wildman–Crippen LogP) is 2.31. The number of halogens is 1. The first kappa shape index (κ1) is 10.1. The highest BCUT2D eigenvalue weighted by Gasteiger charge is 2.53. The molecule has 0 radical (unpaired) electrons. The zero-order valence-electron chi connectivity index (χ0n) is 9.04. The largest absolute Gasteiger partial charge is 0.393 e. The van der Waals surface area contributed by atoms with Crippen molar-refractivity contribution in [1.82, 2.24) is 9.97 Å². The molecule has 0 atom stereocenters.